The Morgan fingerprint density at radius 1 is 1.14 bits per heavy atom. The van der Waals surface area contributed by atoms with Crippen LogP contribution in [0.25, 0.3) is 10.8 Å². The Labute approximate surface area is 219 Å². The summed E-state index contributed by atoms with van der Waals surface area (Å²) in [5.41, 5.74) is 2.74. The average molecular weight is 525 g/mol. The average Bonchev–Trinajstić information content (AvgIpc) is 3.20. The number of imide groups is 1. The number of morpholine rings is 1. The normalized spacial score (nSPS) is 18.7. The molecule has 2 aromatic carbocycles. The van der Waals surface area contributed by atoms with Gasteiger partial charge in [0.05, 0.1) is 19.6 Å². The SMILES string of the molecule is O=C(Cc1ccc(CN2CCOCC2)c(Cl)c1)NCc1ccc2c(O)n(C3CCC(=O)NC3=O)cc2c1. The number of aromatic nitrogens is 1. The van der Waals surface area contributed by atoms with Crippen LogP contribution in [0.1, 0.15) is 35.6 Å². The summed E-state index contributed by atoms with van der Waals surface area (Å²) in [6.45, 7) is 4.31. The number of amides is 3. The minimum Gasteiger partial charge on any atom is -0.494 e. The fourth-order valence-corrected chi connectivity index (χ4v) is 5.11. The number of rotatable bonds is 7. The van der Waals surface area contributed by atoms with Crippen molar-refractivity contribution in [1.82, 2.24) is 20.1 Å². The van der Waals surface area contributed by atoms with Gasteiger partial charge in [-0.15, -0.1) is 0 Å². The van der Waals surface area contributed by atoms with Gasteiger partial charge < -0.3 is 19.7 Å². The molecule has 5 rings (SSSR count). The van der Waals surface area contributed by atoms with E-state index in [1.807, 2.05) is 30.3 Å². The second kappa shape index (κ2) is 10.9. The van der Waals surface area contributed by atoms with Crippen molar-refractivity contribution < 1.29 is 24.2 Å². The Balaban J connectivity index is 1.19. The summed E-state index contributed by atoms with van der Waals surface area (Å²) in [4.78, 5) is 38.6. The summed E-state index contributed by atoms with van der Waals surface area (Å²) in [6.07, 6.45) is 2.48. The van der Waals surface area contributed by atoms with Crippen LogP contribution in [0.5, 0.6) is 5.88 Å². The van der Waals surface area contributed by atoms with Crippen molar-refractivity contribution in [2.24, 2.45) is 0 Å². The van der Waals surface area contributed by atoms with Crippen molar-refractivity contribution in [3.63, 3.8) is 0 Å². The Bertz CT molecular complexity index is 1350. The molecule has 1 unspecified atom stereocenters. The van der Waals surface area contributed by atoms with Gasteiger partial charge >= 0.3 is 0 Å². The third-order valence-electron chi connectivity index (χ3n) is 6.90. The number of aromatic hydroxyl groups is 1. The number of halogens is 1. The molecule has 0 aliphatic carbocycles. The molecule has 3 heterocycles. The molecule has 9 nitrogen and oxygen atoms in total. The predicted octanol–water partition coefficient (Wildman–Crippen LogP) is 2.67. The lowest BCUT2D eigenvalue weighted by Crippen LogP contribution is -2.41. The summed E-state index contributed by atoms with van der Waals surface area (Å²) < 4.78 is 6.89. The molecule has 0 radical (unpaired) electrons. The van der Waals surface area contributed by atoms with Crippen molar-refractivity contribution in [1.29, 1.82) is 0 Å². The molecule has 3 aromatic rings. The van der Waals surface area contributed by atoms with E-state index < -0.39 is 11.9 Å². The number of fused-ring (bicyclic) bond motifs is 1. The van der Waals surface area contributed by atoms with Crippen LogP contribution in [-0.2, 0) is 38.6 Å². The highest BCUT2D eigenvalue weighted by Gasteiger charge is 2.30. The highest BCUT2D eigenvalue weighted by molar-refractivity contribution is 6.31. The third-order valence-corrected chi connectivity index (χ3v) is 7.25. The first kappa shape index (κ1) is 25.3. The van der Waals surface area contributed by atoms with E-state index in [-0.39, 0.29) is 30.5 Å². The summed E-state index contributed by atoms with van der Waals surface area (Å²) in [7, 11) is 0. The standard InChI is InChI=1S/C27H29ClN4O5/c28-22-12-17(1-3-19(22)15-31-7-9-37-10-8-31)13-25(34)29-14-18-2-4-21-20(11-18)16-32(27(21)36)23-5-6-24(33)30-26(23)35/h1-4,11-12,16,23,36H,5-10,13-15H2,(H,29,34)(H,30,33,35). The van der Waals surface area contributed by atoms with Gasteiger partial charge in [-0.25, -0.2) is 0 Å². The molecule has 3 N–H and O–H groups in total. The van der Waals surface area contributed by atoms with Crippen molar-refractivity contribution in [3.8, 4) is 5.88 Å². The fraction of sp³-hybridized carbons (Fsp3) is 0.370. The molecule has 2 aliphatic rings. The molecule has 0 bridgehead atoms. The maximum Gasteiger partial charge on any atom is 0.249 e. The molecular weight excluding hydrogens is 496 g/mol. The highest BCUT2D eigenvalue weighted by atomic mass is 35.5. The first-order valence-corrected chi connectivity index (χ1v) is 12.8. The van der Waals surface area contributed by atoms with E-state index in [9.17, 15) is 19.5 Å². The van der Waals surface area contributed by atoms with Crippen LogP contribution in [0.15, 0.2) is 42.6 Å². The fourth-order valence-electron chi connectivity index (χ4n) is 4.85. The van der Waals surface area contributed by atoms with Gasteiger partial charge in [0.1, 0.15) is 6.04 Å². The number of carbonyl (C=O) groups is 3. The number of ether oxygens (including phenoxy) is 1. The van der Waals surface area contributed by atoms with E-state index in [1.54, 1.807) is 12.3 Å². The van der Waals surface area contributed by atoms with Crippen LogP contribution in [0.2, 0.25) is 5.02 Å². The molecule has 1 aromatic heterocycles. The molecule has 194 valence electrons. The van der Waals surface area contributed by atoms with Gasteiger partial charge in [0.25, 0.3) is 0 Å². The maximum atomic E-state index is 12.6. The molecule has 2 fully saturated rings. The van der Waals surface area contributed by atoms with E-state index >= 15 is 0 Å². The van der Waals surface area contributed by atoms with Crippen molar-refractivity contribution in [2.75, 3.05) is 26.3 Å². The van der Waals surface area contributed by atoms with E-state index in [0.717, 1.165) is 54.9 Å². The third kappa shape index (κ3) is 5.79. The topological polar surface area (TPSA) is 113 Å². The molecule has 1 atom stereocenters. The zero-order valence-electron chi connectivity index (χ0n) is 20.3. The summed E-state index contributed by atoms with van der Waals surface area (Å²) >= 11 is 6.49. The molecule has 37 heavy (non-hydrogen) atoms. The molecule has 3 amide bonds. The highest BCUT2D eigenvalue weighted by Crippen LogP contribution is 2.33. The summed E-state index contributed by atoms with van der Waals surface area (Å²) in [5.74, 6) is -0.870. The molecule has 2 aliphatic heterocycles. The lowest BCUT2D eigenvalue weighted by Gasteiger charge is -2.27. The molecule has 2 saturated heterocycles. The number of benzene rings is 2. The molecular formula is C27H29ClN4O5. The summed E-state index contributed by atoms with van der Waals surface area (Å²) in [6, 6.07) is 10.6. The Hall–Kier alpha value is -3.40. The van der Waals surface area contributed by atoms with Crippen LogP contribution in [0.3, 0.4) is 0 Å². The zero-order chi connectivity index (χ0) is 25.9. The van der Waals surface area contributed by atoms with Crippen LogP contribution < -0.4 is 10.6 Å². The molecule has 0 saturated carbocycles. The number of nitrogens with one attached hydrogen (secondary N) is 2. The van der Waals surface area contributed by atoms with Gasteiger partial charge in [0, 0.05) is 54.6 Å². The second-order valence-corrected chi connectivity index (χ2v) is 9.92. The van der Waals surface area contributed by atoms with E-state index in [4.69, 9.17) is 16.3 Å². The lowest BCUT2D eigenvalue weighted by molar-refractivity contribution is -0.135. The van der Waals surface area contributed by atoms with E-state index in [1.165, 1.54) is 4.57 Å². The zero-order valence-corrected chi connectivity index (χ0v) is 21.1. The monoisotopic (exact) mass is 524 g/mol. The van der Waals surface area contributed by atoms with Gasteiger partial charge in [-0.1, -0.05) is 29.8 Å². The predicted molar refractivity (Wildman–Crippen MR) is 138 cm³/mol. The first-order chi connectivity index (χ1) is 17.9. The van der Waals surface area contributed by atoms with Crippen LogP contribution in [0.4, 0.5) is 0 Å². The Kier molecular flexibility index (Phi) is 7.45. The Morgan fingerprint density at radius 3 is 2.68 bits per heavy atom. The number of hydrogen-bond donors (Lipinski definition) is 3. The first-order valence-electron chi connectivity index (χ1n) is 12.4. The Morgan fingerprint density at radius 2 is 1.92 bits per heavy atom. The number of nitrogens with zero attached hydrogens (tertiary/aromatic N) is 2. The summed E-state index contributed by atoms with van der Waals surface area (Å²) in [5, 5.41) is 17.9. The van der Waals surface area contributed by atoms with Crippen LogP contribution in [-0.4, -0.2) is 58.6 Å². The van der Waals surface area contributed by atoms with Crippen LogP contribution in [0, 0.1) is 0 Å². The largest absolute Gasteiger partial charge is 0.494 e. The number of piperidine rings is 1. The van der Waals surface area contributed by atoms with Crippen LogP contribution >= 0.6 is 11.6 Å². The van der Waals surface area contributed by atoms with E-state index in [0.29, 0.717) is 23.4 Å². The minimum absolute atomic E-state index is 0.0194. The van der Waals surface area contributed by atoms with Gasteiger partial charge in [0.15, 0.2) is 5.88 Å². The van der Waals surface area contributed by atoms with Gasteiger partial charge in [-0.05, 0) is 41.3 Å². The quantitative estimate of drug-likeness (QED) is 0.410. The van der Waals surface area contributed by atoms with Gasteiger partial charge in [-0.3, -0.25) is 24.6 Å². The van der Waals surface area contributed by atoms with Crippen molar-refractivity contribution >= 4 is 40.1 Å². The van der Waals surface area contributed by atoms with Crippen molar-refractivity contribution in [2.45, 2.75) is 38.4 Å². The maximum absolute atomic E-state index is 12.6. The van der Waals surface area contributed by atoms with Gasteiger partial charge in [0.2, 0.25) is 17.7 Å². The number of hydrogen-bond acceptors (Lipinski definition) is 6. The smallest absolute Gasteiger partial charge is 0.249 e. The molecule has 0 spiro atoms. The van der Waals surface area contributed by atoms with E-state index in [2.05, 4.69) is 15.5 Å². The second-order valence-electron chi connectivity index (χ2n) is 9.52. The van der Waals surface area contributed by atoms with Gasteiger partial charge in [-0.2, -0.15) is 0 Å². The minimum atomic E-state index is -0.639. The molecule has 10 heteroatoms. The van der Waals surface area contributed by atoms with Crippen molar-refractivity contribution in [3.05, 3.63) is 64.3 Å². The number of carbonyl (C=O) groups excluding carboxylic acids is 3. The lowest BCUT2D eigenvalue weighted by atomic mass is 10.1.